The standard InChI is InChI=1S/C13H22N2O/c1-10-8-15-12(16-10)9-14-11-6-4-5-7-13(11,2)3/h8,11,14H,4-7,9H2,1-3H3/t11-/m1/s1. The molecule has 1 aromatic heterocycles. The highest BCUT2D eigenvalue weighted by atomic mass is 16.4. The van der Waals surface area contributed by atoms with Crippen LogP contribution in [0.15, 0.2) is 10.6 Å². The average Bonchev–Trinajstić information content (AvgIpc) is 2.62. The number of hydrogen-bond donors (Lipinski definition) is 1. The van der Waals surface area contributed by atoms with E-state index in [4.69, 9.17) is 4.42 Å². The van der Waals surface area contributed by atoms with Gasteiger partial charge in [0.25, 0.3) is 0 Å². The van der Waals surface area contributed by atoms with Gasteiger partial charge in [0.2, 0.25) is 5.89 Å². The summed E-state index contributed by atoms with van der Waals surface area (Å²) in [5.41, 5.74) is 0.403. The highest BCUT2D eigenvalue weighted by Crippen LogP contribution is 2.35. The monoisotopic (exact) mass is 222 g/mol. The van der Waals surface area contributed by atoms with Crippen molar-refractivity contribution in [3.05, 3.63) is 17.8 Å². The van der Waals surface area contributed by atoms with Crippen molar-refractivity contribution in [2.45, 2.75) is 59.0 Å². The van der Waals surface area contributed by atoms with Crippen molar-refractivity contribution in [1.29, 1.82) is 0 Å². The molecular formula is C13H22N2O. The largest absolute Gasteiger partial charge is 0.445 e. The number of oxazole rings is 1. The van der Waals surface area contributed by atoms with Crippen molar-refractivity contribution >= 4 is 0 Å². The van der Waals surface area contributed by atoms with Gasteiger partial charge < -0.3 is 9.73 Å². The van der Waals surface area contributed by atoms with Crippen molar-refractivity contribution in [1.82, 2.24) is 10.3 Å². The van der Waals surface area contributed by atoms with Gasteiger partial charge in [-0.15, -0.1) is 0 Å². The first-order valence-corrected chi connectivity index (χ1v) is 6.22. The second-order valence-electron chi connectivity index (χ2n) is 5.53. The van der Waals surface area contributed by atoms with Crippen molar-refractivity contribution in [2.24, 2.45) is 5.41 Å². The summed E-state index contributed by atoms with van der Waals surface area (Å²) < 4.78 is 5.47. The topological polar surface area (TPSA) is 38.1 Å². The summed E-state index contributed by atoms with van der Waals surface area (Å²) in [6, 6.07) is 0.591. The van der Waals surface area contributed by atoms with E-state index in [0.717, 1.165) is 18.2 Å². The van der Waals surface area contributed by atoms with E-state index in [1.165, 1.54) is 25.7 Å². The number of aryl methyl sites for hydroxylation is 1. The Labute approximate surface area is 97.6 Å². The van der Waals surface area contributed by atoms with E-state index in [1.54, 1.807) is 6.20 Å². The predicted molar refractivity (Wildman–Crippen MR) is 64.1 cm³/mol. The quantitative estimate of drug-likeness (QED) is 0.854. The summed E-state index contributed by atoms with van der Waals surface area (Å²) in [5.74, 6) is 1.69. The molecule has 3 heteroatoms. The maximum absolute atomic E-state index is 5.47. The van der Waals surface area contributed by atoms with Crippen LogP contribution in [0.25, 0.3) is 0 Å². The van der Waals surface area contributed by atoms with Gasteiger partial charge in [0, 0.05) is 6.04 Å². The molecular weight excluding hydrogens is 200 g/mol. The first-order chi connectivity index (χ1) is 7.58. The molecule has 0 unspecified atom stereocenters. The summed E-state index contributed by atoms with van der Waals surface area (Å²) in [5, 5.41) is 3.59. The smallest absolute Gasteiger partial charge is 0.208 e. The summed E-state index contributed by atoms with van der Waals surface area (Å²) in [7, 11) is 0. The Morgan fingerprint density at radius 2 is 2.31 bits per heavy atom. The fourth-order valence-electron chi connectivity index (χ4n) is 2.57. The van der Waals surface area contributed by atoms with Gasteiger partial charge in [0.1, 0.15) is 5.76 Å². The Bertz CT molecular complexity index is 343. The fraction of sp³-hybridized carbons (Fsp3) is 0.769. The summed E-state index contributed by atoms with van der Waals surface area (Å²) in [6.07, 6.45) is 7.07. The van der Waals surface area contributed by atoms with Gasteiger partial charge >= 0.3 is 0 Å². The molecule has 16 heavy (non-hydrogen) atoms. The molecule has 0 aliphatic heterocycles. The second kappa shape index (κ2) is 4.58. The predicted octanol–water partition coefficient (Wildman–Crippen LogP) is 3.04. The van der Waals surface area contributed by atoms with Gasteiger partial charge in [-0.2, -0.15) is 0 Å². The van der Waals surface area contributed by atoms with Crippen LogP contribution in [0.1, 0.15) is 51.2 Å². The van der Waals surface area contributed by atoms with Crippen molar-refractivity contribution in [2.75, 3.05) is 0 Å². The second-order valence-corrected chi connectivity index (χ2v) is 5.53. The van der Waals surface area contributed by atoms with Crippen LogP contribution in [0, 0.1) is 12.3 Å². The highest BCUT2D eigenvalue weighted by Gasteiger charge is 2.31. The highest BCUT2D eigenvalue weighted by molar-refractivity contribution is 4.93. The molecule has 1 fully saturated rings. The lowest BCUT2D eigenvalue weighted by Gasteiger charge is -2.39. The van der Waals surface area contributed by atoms with E-state index < -0.39 is 0 Å². The van der Waals surface area contributed by atoms with Crippen LogP contribution in [0.2, 0.25) is 0 Å². The molecule has 1 heterocycles. The van der Waals surface area contributed by atoms with Gasteiger partial charge in [0.05, 0.1) is 12.7 Å². The Morgan fingerprint density at radius 3 is 2.94 bits per heavy atom. The lowest BCUT2D eigenvalue weighted by atomic mass is 9.73. The molecule has 1 aliphatic rings. The summed E-state index contributed by atoms with van der Waals surface area (Å²) >= 11 is 0. The van der Waals surface area contributed by atoms with Crippen molar-refractivity contribution < 1.29 is 4.42 Å². The molecule has 0 bridgehead atoms. The zero-order valence-corrected chi connectivity index (χ0v) is 10.5. The number of nitrogens with zero attached hydrogens (tertiary/aromatic N) is 1. The Hall–Kier alpha value is -0.830. The Morgan fingerprint density at radius 1 is 1.50 bits per heavy atom. The van der Waals surface area contributed by atoms with Crippen LogP contribution in [0.4, 0.5) is 0 Å². The zero-order valence-electron chi connectivity index (χ0n) is 10.5. The Balaban J connectivity index is 1.89. The molecule has 1 N–H and O–H groups in total. The zero-order chi connectivity index (χ0) is 11.6. The van der Waals surface area contributed by atoms with E-state index in [2.05, 4.69) is 24.1 Å². The fourth-order valence-corrected chi connectivity index (χ4v) is 2.57. The minimum absolute atomic E-state index is 0.403. The van der Waals surface area contributed by atoms with Crippen molar-refractivity contribution in [3.63, 3.8) is 0 Å². The molecule has 3 nitrogen and oxygen atoms in total. The molecule has 1 saturated carbocycles. The van der Waals surface area contributed by atoms with Crippen LogP contribution < -0.4 is 5.32 Å². The minimum Gasteiger partial charge on any atom is -0.445 e. The lowest BCUT2D eigenvalue weighted by Crippen LogP contribution is -2.43. The SMILES string of the molecule is Cc1cnc(CN[C@@H]2CCCCC2(C)C)o1. The molecule has 1 aliphatic carbocycles. The van der Waals surface area contributed by atoms with E-state index in [-0.39, 0.29) is 0 Å². The van der Waals surface area contributed by atoms with Gasteiger partial charge in [-0.3, -0.25) is 0 Å². The van der Waals surface area contributed by atoms with E-state index in [0.29, 0.717) is 11.5 Å². The van der Waals surface area contributed by atoms with E-state index in [9.17, 15) is 0 Å². The lowest BCUT2D eigenvalue weighted by molar-refractivity contribution is 0.163. The van der Waals surface area contributed by atoms with E-state index >= 15 is 0 Å². The third-order valence-electron chi connectivity index (χ3n) is 3.68. The van der Waals surface area contributed by atoms with Crippen LogP contribution in [-0.4, -0.2) is 11.0 Å². The van der Waals surface area contributed by atoms with Gasteiger partial charge in [0.15, 0.2) is 0 Å². The third kappa shape index (κ3) is 2.64. The molecule has 0 radical (unpaired) electrons. The van der Waals surface area contributed by atoms with Gasteiger partial charge in [-0.25, -0.2) is 4.98 Å². The van der Waals surface area contributed by atoms with Gasteiger partial charge in [-0.05, 0) is 25.2 Å². The minimum atomic E-state index is 0.403. The number of nitrogens with one attached hydrogen (secondary N) is 1. The maximum atomic E-state index is 5.47. The summed E-state index contributed by atoms with van der Waals surface area (Å²) in [4.78, 5) is 4.22. The Kier molecular flexibility index (Phi) is 3.33. The third-order valence-corrected chi connectivity index (χ3v) is 3.68. The molecule has 1 aromatic rings. The molecule has 0 saturated heterocycles. The van der Waals surface area contributed by atoms with Crippen LogP contribution in [0.5, 0.6) is 0 Å². The molecule has 0 aromatic carbocycles. The average molecular weight is 222 g/mol. The maximum Gasteiger partial charge on any atom is 0.208 e. The van der Waals surface area contributed by atoms with Crippen LogP contribution in [0.3, 0.4) is 0 Å². The molecule has 0 spiro atoms. The van der Waals surface area contributed by atoms with Crippen LogP contribution >= 0.6 is 0 Å². The summed E-state index contributed by atoms with van der Waals surface area (Å²) in [6.45, 7) is 7.39. The number of hydrogen-bond acceptors (Lipinski definition) is 3. The van der Waals surface area contributed by atoms with Gasteiger partial charge in [-0.1, -0.05) is 26.7 Å². The first kappa shape index (κ1) is 11.6. The molecule has 1 atom stereocenters. The van der Waals surface area contributed by atoms with Crippen molar-refractivity contribution in [3.8, 4) is 0 Å². The number of aromatic nitrogens is 1. The van der Waals surface area contributed by atoms with E-state index in [1.807, 2.05) is 6.92 Å². The normalized spacial score (nSPS) is 24.6. The van der Waals surface area contributed by atoms with Crippen LogP contribution in [-0.2, 0) is 6.54 Å². The first-order valence-electron chi connectivity index (χ1n) is 6.22. The molecule has 90 valence electrons. The molecule has 0 amide bonds. The number of rotatable bonds is 3. The molecule has 2 rings (SSSR count).